The number of H-pyrrole nitrogens is 1. The van der Waals surface area contributed by atoms with Crippen molar-refractivity contribution in [3.63, 3.8) is 0 Å². The summed E-state index contributed by atoms with van der Waals surface area (Å²) in [7, 11) is -3.46. The molecule has 0 saturated heterocycles. The molecule has 0 aliphatic carbocycles. The minimum atomic E-state index is -3.46. The van der Waals surface area contributed by atoms with Gasteiger partial charge in [0.25, 0.3) is 0 Å². The third-order valence-corrected chi connectivity index (χ3v) is 5.76. The highest BCUT2D eigenvalue weighted by Crippen LogP contribution is 2.35. The molecule has 132 valence electrons. The number of allylic oxidation sites excluding steroid dienone is 1. The number of fused-ring (bicyclic) bond motifs is 1. The Morgan fingerprint density at radius 1 is 1.15 bits per heavy atom. The number of pyridine rings is 1. The Kier molecular flexibility index (Phi) is 4.20. The highest BCUT2D eigenvalue weighted by molar-refractivity contribution is 8.00. The van der Waals surface area contributed by atoms with E-state index >= 15 is 0 Å². The first-order valence-electron chi connectivity index (χ1n) is 8.50. The van der Waals surface area contributed by atoms with Crippen LogP contribution >= 0.6 is 0 Å². The number of hydrogen-bond acceptors (Lipinski definition) is 4. The molecule has 1 aliphatic rings. The van der Waals surface area contributed by atoms with Crippen LogP contribution < -0.4 is 0 Å². The van der Waals surface area contributed by atoms with Gasteiger partial charge >= 0.3 is 0 Å². The summed E-state index contributed by atoms with van der Waals surface area (Å²) in [6.07, 6.45) is 8.00. The molecule has 26 heavy (non-hydrogen) atoms. The fourth-order valence-electron chi connectivity index (χ4n) is 3.50. The molecule has 2 aromatic heterocycles. The van der Waals surface area contributed by atoms with Gasteiger partial charge in [-0.2, -0.15) is 0 Å². The Labute approximate surface area is 152 Å². The Morgan fingerprint density at radius 3 is 2.77 bits per heavy atom. The van der Waals surface area contributed by atoms with Crippen LogP contribution in [0.3, 0.4) is 0 Å². The van der Waals surface area contributed by atoms with Gasteiger partial charge in [-0.15, -0.1) is 0 Å². The molecule has 0 unspecified atom stereocenters. The van der Waals surface area contributed by atoms with Crippen LogP contribution in [0.1, 0.15) is 24.0 Å². The fraction of sp³-hybridized carbons (Fsp3) is 0.200. The Balaban J connectivity index is 2.02. The average molecular weight is 365 g/mol. The maximum atomic E-state index is 12.8. The SMILES string of the molecule is CS(=O)(=O)C(=C1CCCN=C1c1cccnc1)c1c[nH]c2ccccc12. The van der Waals surface area contributed by atoms with E-state index in [1.807, 2.05) is 36.4 Å². The smallest absolute Gasteiger partial charge is 0.176 e. The van der Waals surface area contributed by atoms with Crippen LogP contribution in [0.5, 0.6) is 0 Å². The van der Waals surface area contributed by atoms with Crippen LogP contribution in [0.4, 0.5) is 0 Å². The van der Waals surface area contributed by atoms with E-state index in [0.29, 0.717) is 23.4 Å². The number of para-hydroxylation sites is 1. The van der Waals surface area contributed by atoms with Crippen molar-refractivity contribution in [2.24, 2.45) is 4.99 Å². The van der Waals surface area contributed by atoms with Gasteiger partial charge in [0.1, 0.15) is 0 Å². The minimum Gasteiger partial charge on any atom is -0.361 e. The number of hydrogen-bond donors (Lipinski definition) is 1. The van der Waals surface area contributed by atoms with E-state index in [9.17, 15) is 8.42 Å². The van der Waals surface area contributed by atoms with Gasteiger partial charge in [0.05, 0.1) is 10.6 Å². The van der Waals surface area contributed by atoms with E-state index in [1.54, 1.807) is 18.6 Å². The highest BCUT2D eigenvalue weighted by Gasteiger charge is 2.27. The molecule has 0 fully saturated rings. The Hall–Kier alpha value is -2.73. The summed E-state index contributed by atoms with van der Waals surface area (Å²) in [5.41, 5.74) is 3.98. The Bertz CT molecular complexity index is 1130. The number of rotatable bonds is 3. The lowest BCUT2D eigenvalue weighted by Crippen LogP contribution is -2.17. The van der Waals surface area contributed by atoms with Crippen LogP contribution in [0.25, 0.3) is 15.8 Å². The molecule has 5 nitrogen and oxygen atoms in total. The van der Waals surface area contributed by atoms with Gasteiger partial charge in [0, 0.05) is 53.4 Å². The predicted octanol–water partition coefficient (Wildman–Crippen LogP) is 3.60. The molecule has 1 aliphatic heterocycles. The molecule has 4 rings (SSSR count). The molecule has 3 heterocycles. The van der Waals surface area contributed by atoms with Crippen LogP contribution in [0.15, 0.2) is 65.6 Å². The van der Waals surface area contributed by atoms with Crippen molar-refractivity contribution in [1.29, 1.82) is 0 Å². The van der Waals surface area contributed by atoms with Gasteiger partial charge in [0.2, 0.25) is 0 Å². The van der Waals surface area contributed by atoms with Gasteiger partial charge in [0.15, 0.2) is 9.84 Å². The van der Waals surface area contributed by atoms with Crippen LogP contribution in [-0.2, 0) is 9.84 Å². The number of aliphatic imine (C=N–C) groups is 1. The fourth-order valence-corrected chi connectivity index (χ4v) is 4.71. The normalized spacial score (nSPS) is 17.2. The number of nitrogens with zero attached hydrogens (tertiary/aromatic N) is 2. The maximum absolute atomic E-state index is 12.8. The number of sulfone groups is 1. The molecule has 0 spiro atoms. The molecular formula is C20H19N3O2S. The van der Waals surface area contributed by atoms with Gasteiger partial charge in [-0.1, -0.05) is 18.2 Å². The van der Waals surface area contributed by atoms with Gasteiger partial charge in [-0.25, -0.2) is 8.42 Å². The zero-order valence-corrected chi connectivity index (χ0v) is 15.3. The van der Waals surface area contributed by atoms with E-state index in [2.05, 4.69) is 15.0 Å². The Morgan fingerprint density at radius 2 is 2.00 bits per heavy atom. The van der Waals surface area contributed by atoms with Crippen LogP contribution in [0.2, 0.25) is 0 Å². The van der Waals surface area contributed by atoms with Crippen molar-refractivity contribution in [3.05, 3.63) is 71.7 Å². The lowest BCUT2D eigenvalue weighted by molar-refractivity contribution is 0.611. The van der Waals surface area contributed by atoms with Gasteiger partial charge in [-0.05, 0) is 36.6 Å². The van der Waals surface area contributed by atoms with Crippen molar-refractivity contribution < 1.29 is 8.42 Å². The van der Waals surface area contributed by atoms with Crippen molar-refractivity contribution in [2.75, 3.05) is 12.8 Å². The summed E-state index contributed by atoms with van der Waals surface area (Å²) in [6.45, 7) is 0.693. The minimum absolute atomic E-state index is 0.359. The molecular weight excluding hydrogens is 346 g/mol. The van der Waals surface area contributed by atoms with Crippen molar-refractivity contribution in [2.45, 2.75) is 12.8 Å². The second kappa shape index (κ2) is 6.53. The monoisotopic (exact) mass is 365 g/mol. The quantitative estimate of drug-likeness (QED) is 0.770. The van der Waals surface area contributed by atoms with E-state index < -0.39 is 9.84 Å². The second-order valence-electron chi connectivity index (χ2n) is 6.40. The molecule has 0 saturated carbocycles. The molecule has 3 aromatic rings. The van der Waals surface area contributed by atoms with Gasteiger partial charge < -0.3 is 4.98 Å². The molecule has 0 radical (unpaired) electrons. The predicted molar refractivity (Wildman–Crippen MR) is 105 cm³/mol. The molecule has 0 bridgehead atoms. The van der Waals surface area contributed by atoms with E-state index in [0.717, 1.165) is 34.2 Å². The lowest BCUT2D eigenvalue weighted by atomic mass is 9.94. The third kappa shape index (κ3) is 2.97. The molecule has 1 aromatic carbocycles. The zero-order chi connectivity index (χ0) is 18.1. The summed E-state index contributed by atoms with van der Waals surface area (Å²) in [5.74, 6) is 0. The summed E-state index contributed by atoms with van der Waals surface area (Å²) < 4.78 is 25.6. The number of benzene rings is 1. The third-order valence-electron chi connectivity index (χ3n) is 4.55. The summed E-state index contributed by atoms with van der Waals surface area (Å²) in [6, 6.07) is 11.5. The molecule has 6 heteroatoms. The largest absolute Gasteiger partial charge is 0.361 e. The lowest BCUT2D eigenvalue weighted by Gasteiger charge is -2.20. The topological polar surface area (TPSA) is 75.2 Å². The zero-order valence-electron chi connectivity index (χ0n) is 14.4. The summed E-state index contributed by atoms with van der Waals surface area (Å²) in [4.78, 5) is 12.4. The first-order valence-corrected chi connectivity index (χ1v) is 10.4. The van der Waals surface area contributed by atoms with E-state index in [1.165, 1.54) is 6.26 Å². The first-order chi connectivity index (χ1) is 12.6. The highest BCUT2D eigenvalue weighted by atomic mass is 32.2. The van der Waals surface area contributed by atoms with Crippen LogP contribution in [0, 0.1) is 0 Å². The standard InChI is InChI=1S/C20H19N3O2S/c1-26(24,25)20(17-13-23-18-9-3-2-7-15(17)18)16-8-5-11-22-19(16)14-6-4-10-21-12-14/h2-4,6-7,9-10,12-13,23H,5,8,11H2,1H3. The molecule has 0 atom stereocenters. The van der Waals surface area contributed by atoms with E-state index in [4.69, 9.17) is 0 Å². The number of aromatic nitrogens is 2. The summed E-state index contributed by atoms with van der Waals surface area (Å²) in [5, 5.41) is 0.900. The molecule has 1 N–H and O–H groups in total. The van der Waals surface area contributed by atoms with Crippen LogP contribution in [-0.4, -0.2) is 36.9 Å². The van der Waals surface area contributed by atoms with Gasteiger partial charge in [-0.3, -0.25) is 9.98 Å². The van der Waals surface area contributed by atoms with Crippen molar-refractivity contribution >= 4 is 31.4 Å². The molecule has 0 amide bonds. The first kappa shape index (κ1) is 16.7. The summed E-state index contributed by atoms with van der Waals surface area (Å²) >= 11 is 0. The average Bonchev–Trinajstić information content (AvgIpc) is 3.06. The second-order valence-corrected chi connectivity index (χ2v) is 8.36. The number of nitrogens with one attached hydrogen (secondary N) is 1. The number of aromatic amines is 1. The maximum Gasteiger partial charge on any atom is 0.176 e. The van der Waals surface area contributed by atoms with Crippen molar-refractivity contribution in [3.8, 4) is 0 Å². The van der Waals surface area contributed by atoms with E-state index in [-0.39, 0.29) is 0 Å². The van der Waals surface area contributed by atoms with Crippen molar-refractivity contribution in [1.82, 2.24) is 9.97 Å².